The minimum atomic E-state index is -0.417. The van der Waals surface area contributed by atoms with Gasteiger partial charge in [-0.3, -0.25) is 9.89 Å². The minimum Gasteiger partial charge on any atom is -0.496 e. The van der Waals surface area contributed by atoms with Crippen LogP contribution in [0.4, 0.5) is 0 Å². The third-order valence-electron chi connectivity index (χ3n) is 4.99. The van der Waals surface area contributed by atoms with Gasteiger partial charge >= 0.3 is 0 Å². The van der Waals surface area contributed by atoms with Crippen LogP contribution in [0.3, 0.4) is 0 Å². The largest absolute Gasteiger partial charge is 0.496 e. The molecular weight excluding hydrogens is 408 g/mol. The first kappa shape index (κ1) is 20.9. The number of hydrogen-bond acceptors (Lipinski definition) is 6. The molecule has 4 rings (SSSR count). The van der Waals surface area contributed by atoms with Crippen LogP contribution in [0, 0.1) is 0 Å². The Hall–Kier alpha value is -4.33. The number of fused-ring (bicyclic) bond motifs is 1. The summed E-state index contributed by atoms with van der Waals surface area (Å²) in [4.78, 5) is 12.5. The van der Waals surface area contributed by atoms with Crippen LogP contribution < -0.4 is 19.6 Å². The summed E-state index contributed by atoms with van der Waals surface area (Å²) in [6.07, 6.45) is 1.47. The van der Waals surface area contributed by atoms with Crippen LogP contribution in [0.25, 0.3) is 22.0 Å². The fourth-order valence-corrected chi connectivity index (χ4v) is 3.40. The molecule has 0 fully saturated rings. The molecule has 162 valence electrons. The second-order valence-electron chi connectivity index (χ2n) is 6.84. The predicted molar refractivity (Wildman–Crippen MR) is 123 cm³/mol. The molecule has 1 amide bonds. The Bertz CT molecular complexity index is 1290. The highest BCUT2D eigenvalue weighted by Crippen LogP contribution is 2.33. The van der Waals surface area contributed by atoms with Crippen molar-refractivity contribution in [1.82, 2.24) is 15.6 Å². The third kappa shape index (κ3) is 4.11. The van der Waals surface area contributed by atoms with Gasteiger partial charge in [-0.2, -0.15) is 10.2 Å². The molecule has 0 atom stereocenters. The van der Waals surface area contributed by atoms with E-state index in [1.165, 1.54) is 13.3 Å². The van der Waals surface area contributed by atoms with Gasteiger partial charge in [-0.15, -0.1) is 0 Å². The molecule has 0 saturated carbocycles. The summed E-state index contributed by atoms with van der Waals surface area (Å²) in [7, 11) is 4.62. The van der Waals surface area contributed by atoms with Gasteiger partial charge in [-0.25, -0.2) is 5.43 Å². The van der Waals surface area contributed by atoms with Gasteiger partial charge in [0.2, 0.25) is 0 Å². The van der Waals surface area contributed by atoms with E-state index in [0.29, 0.717) is 34.2 Å². The Morgan fingerprint density at radius 3 is 2.44 bits per heavy atom. The van der Waals surface area contributed by atoms with Crippen LogP contribution in [0.1, 0.15) is 16.1 Å². The number of H-pyrrole nitrogens is 1. The van der Waals surface area contributed by atoms with Crippen molar-refractivity contribution in [3.05, 3.63) is 71.9 Å². The monoisotopic (exact) mass is 430 g/mol. The number of nitrogens with zero attached hydrogens (tertiary/aromatic N) is 2. The molecule has 0 aliphatic heterocycles. The van der Waals surface area contributed by atoms with Crippen molar-refractivity contribution in [2.75, 3.05) is 21.3 Å². The van der Waals surface area contributed by atoms with E-state index < -0.39 is 5.91 Å². The van der Waals surface area contributed by atoms with Gasteiger partial charge < -0.3 is 14.2 Å². The number of hydrogen-bond donors (Lipinski definition) is 2. The first-order valence-electron chi connectivity index (χ1n) is 9.81. The summed E-state index contributed by atoms with van der Waals surface area (Å²) in [5, 5.41) is 13.3. The maximum absolute atomic E-state index is 12.5. The molecule has 0 spiro atoms. The normalized spacial score (nSPS) is 11.0. The van der Waals surface area contributed by atoms with Gasteiger partial charge in [-0.05, 0) is 22.9 Å². The molecule has 0 radical (unpaired) electrons. The van der Waals surface area contributed by atoms with Gasteiger partial charge in [0.25, 0.3) is 5.91 Å². The summed E-state index contributed by atoms with van der Waals surface area (Å²) in [6, 6.07) is 19.1. The number of aromatic nitrogens is 2. The number of methoxy groups -OCH3 is 3. The molecule has 0 saturated heterocycles. The zero-order valence-corrected chi connectivity index (χ0v) is 17.9. The van der Waals surface area contributed by atoms with E-state index in [2.05, 4.69) is 20.7 Å². The maximum Gasteiger partial charge on any atom is 0.289 e. The number of carbonyl (C=O) groups is 1. The smallest absolute Gasteiger partial charge is 0.289 e. The van der Waals surface area contributed by atoms with Gasteiger partial charge in [0.1, 0.15) is 11.4 Å². The molecule has 3 aromatic carbocycles. The van der Waals surface area contributed by atoms with E-state index in [0.717, 1.165) is 16.3 Å². The molecule has 2 N–H and O–H groups in total. The second-order valence-corrected chi connectivity index (χ2v) is 6.84. The molecule has 4 aromatic rings. The lowest BCUT2D eigenvalue weighted by atomic mass is 10.0. The quantitative estimate of drug-likeness (QED) is 0.341. The molecule has 1 heterocycles. The fraction of sp³-hybridized carbons (Fsp3) is 0.125. The highest BCUT2D eigenvalue weighted by atomic mass is 16.5. The molecule has 0 bridgehead atoms. The lowest BCUT2D eigenvalue weighted by molar-refractivity contribution is 0.0950. The van der Waals surface area contributed by atoms with E-state index in [-0.39, 0.29) is 0 Å². The van der Waals surface area contributed by atoms with Gasteiger partial charge in [-0.1, -0.05) is 42.5 Å². The number of benzene rings is 3. The SMILES string of the molecule is COc1cc(OC)c(OC)cc1/C=N\NC(=O)c1cc(-c2cccc3ccccc23)n[nH]1. The lowest BCUT2D eigenvalue weighted by Crippen LogP contribution is -2.18. The summed E-state index contributed by atoms with van der Waals surface area (Å²) in [6.45, 7) is 0. The number of amides is 1. The first-order valence-corrected chi connectivity index (χ1v) is 9.81. The number of nitrogens with one attached hydrogen (secondary N) is 2. The Labute approximate surface area is 184 Å². The van der Waals surface area contributed by atoms with Gasteiger partial charge in [0, 0.05) is 17.2 Å². The van der Waals surface area contributed by atoms with E-state index in [9.17, 15) is 4.79 Å². The average molecular weight is 430 g/mol. The summed E-state index contributed by atoms with van der Waals surface area (Å²) >= 11 is 0. The van der Waals surface area contributed by atoms with Crippen LogP contribution in [0.2, 0.25) is 0 Å². The average Bonchev–Trinajstić information content (AvgIpc) is 3.33. The number of aromatic amines is 1. The Morgan fingerprint density at radius 2 is 1.66 bits per heavy atom. The Kier molecular flexibility index (Phi) is 6.03. The zero-order valence-electron chi connectivity index (χ0n) is 17.9. The molecule has 32 heavy (non-hydrogen) atoms. The van der Waals surface area contributed by atoms with Crippen molar-refractivity contribution in [3.8, 4) is 28.5 Å². The van der Waals surface area contributed by atoms with Crippen LogP contribution >= 0.6 is 0 Å². The molecular formula is C24H22N4O4. The molecule has 8 nitrogen and oxygen atoms in total. The number of hydrazone groups is 1. The topological polar surface area (TPSA) is 97.8 Å². The molecule has 1 aromatic heterocycles. The third-order valence-corrected chi connectivity index (χ3v) is 4.99. The van der Waals surface area contributed by atoms with Crippen LogP contribution in [0.5, 0.6) is 17.2 Å². The lowest BCUT2D eigenvalue weighted by Gasteiger charge is -2.11. The Balaban J connectivity index is 1.52. The van der Waals surface area contributed by atoms with E-state index >= 15 is 0 Å². The first-order chi connectivity index (χ1) is 15.6. The van der Waals surface area contributed by atoms with Crippen LogP contribution in [0.15, 0.2) is 65.8 Å². The summed E-state index contributed by atoms with van der Waals surface area (Å²) in [5.41, 5.74) is 5.03. The van der Waals surface area contributed by atoms with Crippen molar-refractivity contribution < 1.29 is 19.0 Å². The predicted octanol–water partition coefficient (Wildman–Crippen LogP) is 4.02. The van der Waals surface area contributed by atoms with Crippen molar-refractivity contribution in [2.45, 2.75) is 0 Å². The van der Waals surface area contributed by atoms with Gasteiger partial charge in [0.05, 0.1) is 33.2 Å². The maximum atomic E-state index is 12.5. The van der Waals surface area contributed by atoms with Crippen molar-refractivity contribution in [1.29, 1.82) is 0 Å². The van der Waals surface area contributed by atoms with Crippen molar-refractivity contribution >= 4 is 22.9 Å². The standard InChI is InChI=1S/C24H22N4O4/c1-30-21-13-23(32-3)22(31-2)11-16(21)14-25-28-24(29)20-12-19(26-27-20)18-10-6-8-15-7-4-5-9-17(15)18/h4-14H,1-3H3,(H,26,27)(H,28,29)/b25-14-. The van der Waals surface area contributed by atoms with E-state index in [1.54, 1.807) is 32.4 Å². The molecule has 8 heteroatoms. The second kappa shape index (κ2) is 9.22. The molecule has 0 aliphatic carbocycles. The van der Waals surface area contributed by atoms with Crippen molar-refractivity contribution in [3.63, 3.8) is 0 Å². The van der Waals surface area contributed by atoms with Crippen LogP contribution in [-0.4, -0.2) is 43.6 Å². The zero-order chi connectivity index (χ0) is 22.5. The van der Waals surface area contributed by atoms with Gasteiger partial charge in [0.15, 0.2) is 11.5 Å². The summed E-state index contributed by atoms with van der Waals surface area (Å²) in [5.74, 6) is 1.17. The van der Waals surface area contributed by atoms with E-state index in [1.807, 2.05) is 42.5 Å². The fourth-order valence-electron chi connectivity index (χ4n) is 3.40. The number of ether oxygens (including phenoxy) is 3. The van der Waals surface area contributed by atoms with Crippen LogP contribution in [-0.2, 0) is 0 Å². The highest BCUT2D eigenvalue weighted by Gasteiger charge is 2.13. The van der Waals surface area contributed by atoms with Crippen molar-refractivity contribution in [2.24, 2.45) is 5.10 Å². The van der Waals surface area contributed by atoms with E-state index in [4.69, 9.17) is 14.2 Å². The molecule has 0 aliphatic rings. The Morgan fingerprint density at radius 1 is 0.938 bits per heavy atom. The minimum absolute atomic E-state index is 0.296. The number of rotatable bonds is 7. The highest BCUT2D eigenvalue weighted by molar-refractivity contribution is 5.98. The molecule has 0 unspecified atom stereocenters. The number of carbonyl (C=O) groups excluding carboxylic acids is 1. The summed E-state index contributed by atoms with van der Waals surface area (Å²) < 4.78 is 15.9.